The van der Waals surface area contributed by atoms with Crippen molar-refractivity contribution in [1.29, 1.82) is 0 Å². The summed E-state index contributed by atoms with van der Waals surface area (Å²) in [6.07, 6.45) is 3.23. The smallest absolute Gasteiger partial charge is 0.254 e. The number of amides is 1. The van der Waals surface area contributed by atoms with E-state index in [1.54, 1.807) is 59.7 Å². The third-order valence-corrected chi connectivity index (χ3v) is 3.97. The summed E-state index contributed by atoms with van der Waals surface area (Å²) in [6.45, 7) is 4.67. The zero-order valence-corrected chi connectivity index (χ0v) is 14.8. The number of halogens is 1. The molecule has 0 N–H and O–H groups in total. The van der Waals surface area contributed by atoms with Crippen LogP contribution < -0.4 is 4.74 Å². The van der Waals surface area contributed by atoms with Gasteiger partial charge in [0, 0.05) is 12.1 Å². The van der Waals surface area contributed by atoms with E-state index in [1.165, 1.54) is 12.1 Å². The molecular weight excluding hydrogens is 345 g/mol. The van der Waals surface area contributed by atoms with E-state index in [1.807, 2.05) is 6.07 Å². The Hall–Kier alpha value is -3.34. The number of rotatable bonds is 8. The third kappa shape index (κ3) is 5.07. The van der Waals surface area contributed by atoms with E-state index in [0.29, 0.717) is 36.8 Å². The van der Waals surface area contributed by atoms with Crippen LogP contribution in [0.4, 0.5) is 4.39 Å². The topological polar surface area (TPSA) is 42.7 Å². The van der Waals surface area contributed by atoms with Gasteiger partial charge in [-0.15, -0.1) is 0 Å². The third-order valence-electron chi connectivity index (χ3n) is 3.97. The van der Waals surface area contributed by atoms with Crippen LogP contribution in [0.15, 0.2) is 84.0 Å². The lowest BCUT2D eigenvalue weighted by Crippen LogP contribution is -2.30. The highest BCUT2D eigenvalue weighted by Gasteiger charge is 2.18. The van der Waals surface area contributed by atoms with Crippen LogP contribution in [0.1, 0.15) is 21.7 Å². The Bertz CT molecular complexity index is 871. The molecule has 4 nitrogen and oxygen atoms in total. The highest BCUT2D eigenvalue weighted by atomic mass is 19.1. The summed E-state index contributed by atoms with van der Waals surface area (Å²) in [4.78, 5) is 14.7. The number of hydrogen-bond acceptors (Lipinski definition) is 3. The predicted molar refractivity (Wildman–Crippen MR) is 101 cm³/mol. The number of carbonyl (C=O) groups excluding carboxylic acids is 1. The van der Waals surface area contributed by atoms with Gasteiger partial charge < -0.3 is 14.1 Å². The van der Waals surface area contributed by atoms with E-state index < -0.39 is 0 Å². The Morgan fingerprint density at radius 3 is 2.44 bits per heavy atom. The lowest BCUT2D eigenvalue weighted by molar-refractivity contribution is 0.0717. The standard InChI is InChI=1S/C22H20FNO3/c1-2-13-26-20-11-7-18(8-12-20)22(25)24(16-21-4-3-14-27-21)15-17-5-9-19(23)10-6-17/h2-12,14H,1,13,15-16H2. The zero-order valence-electron chi connectivity index (χ0n) is 14.8. The summed E-state index contributed by atoms with van der Waals surface area (Å²) in [6, 6.07) is 16.7. The van der Waals surface area contributed by atoms with Gasteiger partial charge in [0.25, 0.3) is 5.91 Å². The molecule has 1 heterocycles. The minimum atomic E-state index is -0.308. The molecule has 1 aromatic heterocycles. The van der Waals surface area contributed by atoms with E-state index in [9.17, 15) is 9.18 Å². The van der Waals surface area contributed by atoms with Crippen LogP contribution >= 0.6 is 0 Å². The maximum Gasteiger partial charge on any atom is 0.254 e. The van der Waals surface area contributed by atoms with Gasteiger partial charge in [-0.2, -0.15) is 0 Å². The molecule has 5 heteroatoms. The van der Waals surface area contributed by atoms with Crippen LogP contribution in [0.25, 0.3) is 0 Å². The number of carbonyl (C=O) groups is 1. The molecule has 3 rings (SSSR count). The molecule has 0 spiro atoms. The Morgan fingerprint density at radius 2 is 1.81 bits per heavy atom. The van der Waals surface area contributed by atoms with Gasteiger partial charge >= 0.3 is 0 Å². The molecule has 138 valence electrons. The molecule has 0 saturated heterocycles. The fourth-order valence-electron chi connectivity index (χ4n) is 2.63. The molecular formula is C22H20FNO3. The van der Waals surface area contributed by atoms with Gasteiger partial charge in [0.15, 0.2) is 0 Å². The van der Waals surface area contributed by atoms with E-state index in [0.717, 1.165) is 5.56 Å². The SMILES string of the molecule is C=CCOc1ccc(C(=O)N(Cc2ccc(F)cc2)Cc2ccco2)cc1. The first kappa shape index (κ1) is 18.5. The van der Waals surface area contributed by atoms with Crippen LogP contribution in [0, 0.1) is 5.82 Å². The lowest BCUT2D eigenvalue weighted by atomic mass is 10.1. The van der Waals surface area contributed by atoms with Gasteiger partial charge in [-0.3, -0.25) is 4.79 Å². The first-order valence-electron chi connectivity index (χ1n) is 8.55. The molecule has 0 aliphatic carbocycles. The molecule has 0 fully saturated rings. The van der Waals surface area contributed by atoms with Crippen LogP contribution in [0.2, 0.25) is 0 Å². The first-order chi connectivity index (χ1) is 13.2. The number of ether oxygens (including phenoxy) is 1. The van der Waals surface area contributed by atoms with Crippen molar-refractivity contribution < 1.29 is 18.3 Å². The normalized spacial score (nSPS) is 10.4. The van der Waals surface area contributed by atoms with Crippen molar-refractivity contribution in [2.45, 2.75) is 13.1 Å². The molecule has 0 radical (unpaired) electrons. The molecule has 0 aliphatic rings. The number of furan rings is 1. The predicted octanol–water partition coefficient (Wildman–Crippen LogP) is 4.83. The molecule has 0 saturated carbocycles. The van der Waals surface area contributed by atoms with Crippen molar-refractivity contribution in [2.75, 3.05) is 6.61 Å². The van der Waals surface area contributed by atoms with Gasteiger partial charge in [-0.1, -0.05) is 24.8 Å². The molecule has 2 aromatic carbocycles. The highest BCUT2D eigenvalue weighted by Crippen LogP contribution is 2.18. The highest BCUT2D eigenvalue weighted by molar-refractivity contribution is 5.94. The summed E-state index contributed by atoms with van der Waals surface area (Å²) >= 11 is 0. The van der Waals surface area contributed by atoms with Gasteiger partial charge in [0.2, 0.25) is 0 Å². The van der Waals surface area contributed by atoms with Crippen molar-refractivity contribution in [3.05, 3.63) is 102 Å². The zero-order chi connectivity index (χ0) is 19.1. The van der Waals surface area contributed by atoms with Gasteiger partial charge in [0.05, 0.1) is 12.8 Å². The van der Waals surface area contributed by atoms with Gasteiger partial charge in [-0.25, -0.2) is 4.39 Å². The summed E-state index contributed by atoms with van der Waals surface area (Å²) in [5.41, 5.74) is 1.37. The molecule has 0 bridgehead atoms. The second-order valence-corrected chi connectivity index (χ2v) is 5.99. The van der Waals surface area contributed by atoms with E-state index in [-0.39, 0.29) is 11.7 Å². The molecule has 3 aromatic rings. The van der Waals surface area contributed by atoms with Crippen molar-refractivity contribution in [1.82, 2.24) is 4.90 Å². The quantitative estimate of drug-likeness (QED) is 0.537. The molecule has 1 amide bonds. The minimum absolute atomic E-state index is 0.147. The fraction of sp³-hybridized carbons (Fsp3) is 0.136. The van der Waals surface area contributed by atoms with Crippen molar-refractivity contribution in [3.8, 4) is 5.75 Å². The number of nitrogens with zero attached hydrogens (tertiary/aromatic N) is 1. The summed E-state index contributed by atoms with van der Waals surface area (Å²) in [5, 5.41) is 0. The van der Waals surface area contributed by atoms with E-state index in [2.05, 4.69) is 6.58 Å². The van der Waals surface area contributed by atoms with Gasteiger partial charge in [0.1, 0.15) is 23.9 Å². The van der Waals surface area contributed by atoms with E-state index >= 15 is 0 Å². The molecule has 0 aliphatic heterocycles. The minimum Gasteiger partial charge on any atom is -0.490 e. The second-order valence-electron chi connectivity index (χ2n) is 5.99. The fourth-order valence-corrected chi connectivity index (χ4v) is 2.63. The van der Waals surface area contributed by atoms with Gasteiger partial charge in [-0.05, 0) is 54.1 Å². The van der Waals surface area contributed by atoms with Crippen molar-refractivity contribution >= 4 is 5.91 Å². The Kier molecular flexibility index (Phi) is 6.05. The summed E-state index contributed by atoms with van der Waals surface area (Å²) < 4.78 is 24.0. The summed E-state index contributed by atoms with van der Waals surface area (Å²) in [5.74, 6) is 0.891. The number of hydrogen-bond donors (Lipinski definition) is 0. The maximum absolute atomic E-state index is 13.2. The van der Waals surface area contributed by atoms with Crippen molar-refractivity contribution in [3.63, 3.8) is 0 Å². The molecule has 27 heavy (non-hydrogen) atoms. The largest absolute Gasteiger partial charge is 0.490 e. The van der Waals surface area contributed by atoms with E-state index in [4.69, 9.17) is 9.15 Å². The van der Waals surface area contributed by atoms with Crippen LogP contribution in [-0.2, 0) is 13.1 Å². The molecule has 0 unspecified atom stereocenters. The average molecular weight is 365 g/mol. The number of benzene rings is 2. The Balaban J connectivity index is 1.79. The monoisotopic (exact) mass is 365 g/mol. The lowest BCUT2D eigenvalue weighted by Gasteiger charge is -2.22. The van der Waals surface area contributed by atoms with Crippen LogP contribution in [-0.4, -0.2) is 17.4 Å². The second kappa shape index (κ2) is 8.85. The summed E-state index contributed by atoms with van der Waals surface area (Å²) in [7, 11) is 0. The Morgan fingerprint density at radius 1 is 1.07 bits per heavy atom. The molecule has 0 atom stereocenters. The maximum atomic E-state index is 13.2. The van der Waals surface area contributed by atoms with Crippen molar-refractivity contribution in [2.24, 2.45) is 0 Å². The Labute approximate surface area is 157 Å². The average Bonchev–Trinajstić information content (AvgIpc) is 3.20. The van der Waals surface area contributed by atoms with Crippen LogP contribution in [0.3, 0.4) is 0 Å². The first-order valence-corrected chi connectivity index (χ1v) is 8.55. The van der Waals surface area contributed by atoms with Crippen LogP contribution in [0.5, 0.6) is 5.75 Å².